The maximum absolute atomic E-state index is 12.6. The highest BCUT2D eigenvalue weighted by Crippen LogP contribution is 2.29. The normalized spacial score (nSPS) is 23.0. The Hall–Kier alpha value is -1.59. The number of benzene rings is 1. The van der Waals surface area contributed by atoms with Crippen LogP contribution in [-0.2, 0) is 0 Å². The summed E-state index contributed by atoms with van der Waals surface area (Å²) in [7, 11) is 0. The van der Waals surface area contributed by atoms with Crippen LogP contribution in [0.2, 0.25) is 0 Å². The topological polar surface area (TPSA) is 38.8 Å². The van der Waals surface area contributed by atoms with Crippen LogP contribution in [0.3, 0.4) is 0 Å². The minimum absolute atomic E-state index is 0.0797. The Morgan fingerprint density at radius 1 is 0.926 bits per heavy atom. The molecule has 3 aliphatic rings. The highest BCUT2D eigenvalue weighted by molar-refractivity contribution is 5.94. The second-order valence-corrected chi connectivity index (χ2v) is 8.68. The molecule has 0 bridgehead atoms. The van der Waals surface area contributed by atoms with Crippen molar-refractivity contribution in [1.82, 2.24) is 15.1 Å². The van der Waals surface area contributed by atoms with Crippen molar-refractivity contribution < 1.29 is 4.79 Å². The number of anilines is 1. The fourth-order valence-corrected chi connectivity index (χ4v) is 4.44. The molecule has 0 spiro atoms. The van der Waals surface area contributed by atoms with E-state index in [9.17, 15) is 4.79 Å². The number of carbonyl (C=O) groups excluding carboxylic acids is 1. The lowest BCUT2D eigenvalue weighted by Crippen LogP contribution is -2.48. The van der Waals surface area contributed by atoms with Gasteiger partial charge in [-0.2, -0.15) is 0 Å². The van der Waals surface area contributed by atoms with Crippen LogP contribution in [0.4, 0.5) is 5.69 Å². The number of hydrogen-bond donors (Lipinski definition) is 1. The largest absolute Gasteiger partial charge is 0.369 e. The molecule has 2 heterocycles. The van der Waals surface area contributed by atoms with Gasteiger partial charge in [0.15, 0.2) is 0 Å². The van der Waals surface area contributed by atoms with Crippen molar-refractivity contribution in [2.45, 2.75) is 57.7 Å². The predicted molar refractivity (Wildman–Crippen MR) is 110 cm³/mol. The zero-order chi connectivity index (χ0) is 18.8. The van der Waals surface area contributed by atoms with Gasteiger partial charge in [-0.05, 0) is 63.8 Å². The van der Waals surface area contributed by atoms with Crippen LogP contribution in [0.1, 0.15) is 49.9 Å². The summed E-state index contributed by atoms with van der Waals surface area (Å²) in [5.41, 5.74) is 2.01. The molecule has 3 fully saturated rings. The van der Waals surface area contributed by atoms with E-state index in [0.717, 1.165) is 63.7 Å². The monoisotopic (exact) mass is 370 g/mol. The van der Waals surface area contributed by atoms with Gasteiger partial charge in [0, 0.05) is 68.6 Å². The Kier molecular flexibility index (Phi) is 5.69. The Bertz CT molecular complexity index is 624. The SMILES string of the molecule is CC(C)N1CCN(c2ccc(C(=O)NC3CCN(C4CC4)CC3)cc2)CC1. The first-order chi connectivity index (χ1) is 13.1. The van der Waals surface area contributed by atoms with Crippen molar-refractivity contribution in [1.29, 1.82) is 0 Å². The smallest absolute Gasteiger partial charge is 0.251 e. The molecule has 2 aliphatic heterocycles. The Morgan fingerprint density at radius 2 is 1.56 bits per heavy atom. The number of rotatable bonds is 5. The molecule has 1 aromatic rings. The molecule has 4 rings (SSSR count). The van der Waals surface area contributed by atoms with Gasteiger partial charge in [0.25, 0.3) is 5.91 Å². The van der Waals surface area contributed by atoms with E-state index >= 15 is 0 Å². The number of piperidine rings is 1. The second kappa shape index (κ2) is 8.19. The number of amides is 1. The van der Waals surface area contributed by atoms with Crippen LogP contribution < -0.4 is 10.2 Å². The molecule has 1 amide bonds. The zero-order valence-electron chi connectivity index (χ0n) is 16.9. The van der Waals surface area contributed by atoms with Crippen molar-refractivity contribution in [3.8, 4) is 0 Å². The summed E-state index contributed by atoms with van der Waals surface area (Å²) in [5.74, 6) is 0.0797. The van der Waals surface area contributed by atoms with Gasteiger partial charge in [-0.25, -0.2) is 0 Å². The zero-order valence-corrected chi connectivity index (χ0v) is 16.9. The van der Waals surface area contributed by atoms with Crippen molar-refractivity contribution in [3.63, 3.8) is 0 Å². The predicted octanol–water partition coefficient (Wildman–Crippen LogP) is 2.57. The van der Waals surface area contributed by atoms with Gasteiger partial charge >= 0.3 is 0 Å². The molecule has 0 unspecified atom stereocenters. The van der Waals surface area contributed by atoms with Gasteiger partial charge in [0.2, 0.25) is 0 Å². The summed E-state index contributed by atoms with van der Waals surface area (Å²) in [6.45, 7) is 11.1. The third-order valence-electron chi connectivity index (χ3n) is 6.47. The molecule has 1 aliphatic carbocycles. The van der Waals surface area contributed by atoms with Crippen LogP contribution >= 0.6 is 0 Å². The Morgan fingerprint density at radius 3 is 2.11 bits per heavy atom. The molecule has 1 saturated carbocycles. The molecule has 0 aromatic heterocycles. The van der Waals surface area contributed by atoms with Crippen LogP contribution in [-0.4, -0.2) is 73.1 Å². The van der Waals surface area contributed by atoms with Crippen molar-refractivity contribution >= 4 is 11.6 Å². The molecule has 148 valence electrons. The molecule has 2 saturated heterocycles. The van der Waals surface area contributed by atoms with Gasteiger partial charge in [-0.1, -0.05) is 0 Å². The van der Waals surface area contributed by atoms with Crippen LogP contribution in [0.5, 0.6) is 0 Å². The van der Waals surface area contributed by atoms with Crippen molar-refractivity contribution in [3.05, 3.63) is 29.8 Å². The van der Waals surface area contributed by atoms with Gasteiger partial charge in [-0.3, -0.25) is 9.69 Å². The van der Waals surface area contributed by atoms with E-state index in [0.29, 0.717) is 12.1 Å². The molecule has 1 N–H and O–H groups in total. The van der Waals surface area contributed by atoms with Gasteiger partial charge in [0.05, 0.1) is 0 Å². The number of piperazine rings is 1. The van der Waals surface area contributed by atoms with Gasteiger partial charge in [-0.15, -0.1) is 0 Å². The molecule has 5 nitrogen and oxygen atoms in total. The van der Waals surface area contributed by atoms with E-state index in [4.69, 9.17) is 0 Å². The van der Waals surface area contributed by atoms with E-state index in [1.54, 1.807) is 0 Å². The van der Waals surface area contributed by atoms with Crippen LogP contribution in [0, 0.1) is 0 Å². The maximum atomic E-state index is 12.6. The first-order valence-corrected chi connectivity index (χ1v) is 10.7. The highest BCUT2D eigenvalue weighted by Gasteiger charge is 2.32. The summed E-state index contributed by atoms with van der Waals surface area (Å²) < 4.78 is 0. The van der Waals surface area contributed by atoms with Gasteiger partial charge in [0.1, 0.15) is 0 Å². The number of carbonyl (C=O) groups is 1. The summed E-state index contributed by atoms with van der Waals surface area (Å²) in [6.07, 6.45) is 4.91. The summed E-state index contributed by atoms with van der Waals surface area (Å²) in [6, 6.07) is 9.98. The molecule has 27 heavy (non-hydrogen) atoms. The molecular formula is C22H34N4O. The minimum Gasteiger partial charge on any atom is -0.369 e. The molecule has 5 heteroatoms. The lowest BCUT2D eigenvalue weighted by molar-refractivity contribution is 0.0909. The van der Waals surface area contributed by atoms with Crippen molar-refractivity contribution in [2.75, 3.05) is 44.2 Å². The van der Waals surface area contributed by atoms with E-state index in [1.165, 1.54) is 18.5 Å². The van der Waals surface area contributed by atoms with Crippen LogP contribution in [0.15, 0.2) is 24.3 Å². The molecular weight excluding hydrogens is 336 g/mol. The summed E-state index contributed by atoms with van der Waals surface area (Å²) >= 11 is 0. The van der Waals surface area contributed by atoms with Crippen molar-refractivity contribution in [2.24, 2.45) is 0 Å². The van der Waals surface area contributed by atoms with E-state index in [2.05, 4.69) is 46.0 Å². The summed E-state index contributed by atoms with van der Waals surface area (Å²) in [4.78, 5) is 20.1. The lowest BCUT2D eigenvalue weighted by Gasteiger charge is -2.38. The standard InChI is InChI=1S/C22H34N4O/c1-17(2)24-13-15-26(16-14-24)20-5-3-18(4-6-20)22(27)23-19-9-11-25(12-10-19)21-7-8-21/h3-6,17,19,21H,7-16H2,1-2H3,(H,23,27). The molecule has 1 aromatic carbocycles. The highest BCUT2D eigenvalue weighted by atomic mass is 16.1. The minimum atomic E-state index is 0.0797. The fourth-order valence-electron chi connectivity index (χ4n) is 4.44. The average Bonchev–Trinajstić information content (AvgIpc) is 3.54. The van der Waals surface area contributed by atoms with E-state index in [1.807, 2.05) is 12.1 Å². The average molecular weight is 371 g/mol. The first kappa shape index (κ1) is 18.8. The first-order valence-electron chi connectivity index (χ1n) is 10.7. The molecule has 0 atom stereocenters. The quantitative estimate of drug-likeness (QED) is 0.865. The maximum Gasteiger partial charge on any atom is 0.251 e. The summed E-state index contributed by atoms with van der Waals surface area (Å²) in [5, 5.41) is 3.25. The third kappa shape index (κ3) is 4.64. The van der Waals surface area contributed by atoms with E-state index < -0.39 is 0 Å². The second-order valence-electron chi connectivity index (χ2n) is 8.68. The van der Waals surface area contributed by atoms with Gasteiger partial charge < -0.3 is 15.1 Å². The third-order valence-corrected chi connectivity index (χ3v) is 6.47. The fraction of sp³-hybridized carbons (Fsp3) is 0.682. The number of nitrogens with one attached hydrogen (secondary N) is 1. The molecule has 0 radical (unpaired) electrons. The lowest BCUT2D eigenvalue weighted by atomic mass is 10.0. The van der Waals surface area contributed by atoms with Crippen LogP contribution in [0.25, 0.3) is 0 Å². The Labute approximate surface area is 163 Å². The number of hydrogen-bond acceptors (Lipinski definition) is 4. The Balaban J connectivity index is 1.26. The number of likely N-dealkylation sites (tertiary alicyclic amines) is 1. The number of nitrogens with zero attached hydrogens (tertiary/aromatic N) is 3. The van der Waals surface area contributed by atoms with E-state index in [-0.39, 0.29) is 5.91 Å².